The number of benzene rings is 3. The normalized spacial score (nSPS) is 13.1. The van der Waals surface area contributed by atoms with Crippen LogP contribution in [0.2, 0.25) is 0 Å². The predicted molar refractivity (Wildman–Crippen MR) is 164 cm³/mol. The average molecular weight is 755 g/mol. The molecule has 0 saturated heterocycles. The van der Waals surface area contributed by atoms with Crippen molar-refractivity contribution in [3.05, 3.63) is 82.9 Å². The van der Waals surface area contributed by atoms with Crippen LogP contribution in [0.5, 0.6) is 0 Å². The third-order valence-corrected chi connectivity index (χ3v) is 10.1. The summed E-state index contributed by atoms with van der Waals surface area (Å²) >= 11 is 2.34. The van der Waals surface area contributed by atoms with Gasteiger partial charge in [0.2, 0.25) is 0 Å². The molecule has 0 aliphatic carbocycles. The van der Waals surface area contributed by atoms with E-state index < -0.39 is 47.0 Å². The Labute approximate surface area is 278 Å². The Balaban J connectivity index is 1.45. The molecule has 0 fully saturated rings. The highest BCUT2D eigenvalue weighted by atomic mass is 32.1. The Hall–Kier alpha value is -4.36. The van der Waals surface area contributed by atoms with Crippen LogP contribution in [0.15, 0.2) is 60.7 Å². The molecule has 0 aliphatic heterocycles. The zero-order valence-corrected chi connectivity index (χ0v) is 26.0. The summed E-state index contributed by atoms with van der Waals surface area (Å²) in [5, 5.41) is 0. The van der Waals surface area contributed by atoms with E-state index in [2.05, 4.69) is 8.75 Å². The van der Waals surface area contributed by atoms with Crippen molar-refractivity contribution in [1.82, 2.24) is 8.75 Å². The van der Waals surface area contributed by atoms with E-state index in [0.717, 1.165) is 22.7 Å². The minimum absolute atomic E-state index is 0.0121. The smallest absolute Gasteiger partial charge is 0.396 e. The van der Waals surface area contributed by atoms with Crippen LogP contribution in [0.3, 0.4) is 0 Å². The number of hydrogen-bond acceptors (Lipinski definition) is 7. The monoisotopic (exact) mass is 754 g/mol. The second-order valence-electron chi connectivity index (χ2n) is 10.5. The van der Waals surface area contributed by atoms with Crippen molar-refractivity contribution in [1.29, 1.82) is 0 Å². The number of hydrogen-bond donors (Lipinski definition) is 2. The van der Waals surface area contributed by atoms with Gasteiger partial charge in [-0.05, 0) is 71.8 Å². The van der Waals surface area contributed by atoms with Crippen molar-refractivity contribution in [3.8, 4) is 41.8 Å². The van der Waals surface area contributed by atoms with Gasteiger partial charge in [0.25, 0.3) is 0 Å². The zero-order chi connectivity index (χ0) is 35.8. The van der Waals surface area contributed by atoms with Crippen LogP contribution in [-0.2, 0) is 24.7 Å². The van der Waals surface area contributed by atoms with Gasteiger partial charge in [0, 0.05) is 30.6 Å². The number of fused-ring (bicyclic) bond motifs is 1. The van der Waals surface area contributed by atoms with Crippen molar-refractivity contribution in [2.45, 2.75) is 24.7 Å². The fourth-order valence-electron chi connectivity index (χ4n) is 4.99. The first-order chi connectivity index (χ1) is 22.6. The number of aromatic nitrogens is 2. The van der Waals surface area contributed by atoms with E-state index in [9.17, 15) is 52.7 Å². The Bertz CT molecular complexity index is 2000. The number of nitrogens with zero attached hydrogens (tertiary/aromatic N) is 2. The summed E-state index contributed by atoms with van der Waals surface area (Å²) in [6.07, 6.45) is -20.3. The second kappa shape index (κ2) is 11.6. The molecule has 6 aromatic rings. The van der Waals surface area contributed by atoms with Crippen molar-refractivity contribution < 1.29 is 52.7 Å². The summed E-state index contributed by atoms with van der Waals surface area (Å²) in [5.41, 5.74) is 6.57. The van der Waals surface area contributed by atoms with Gasteiger partial charge >= 0.3 is 24.7 Å². The molecule has 3 heterocycles. The van der Waals surface area contributed by atoms with Crippen molar-refractivity contribution >= 4 is 56.8 Å². The zero-order valence-electron chi connectivity index (χ0n) is 23.6. The van der Waals surface area contributed by atoms with Gasteiger partial charge in [-0.15, -0.1) is 22.7 Å². The molecule has 0 aliphatic rings. The molecule has 0 spiro atoms. The number of thiophene rings is 2. The van der Waals surface area contributed by atoms with Gasteiger partial charge in [0.15, 0.2) is 0 Å². The minimum Gasteiger partial charge on any atom is -0.396 e. The fourth-order valence-corrected chi connectivity index (χ4v) is 7.66. The number of anilines is 2. The lowest BCUT2D eigenvalue weighted by Crippen LogP contribution is -2.10. The van der Waals surface area contributed by atoms with Crippen LogP contribution in [0, 0.1) is 0 Å². The molecule has 49 heavy (non-hydrogen) atoms. The summed E-state index contributed by atoms with van der Waals surface area (Å²) in [6.45, 7) is 0. The summed E-state index contributed by atoms with van der Waals surface area (Å²) < 4.78 is 170. The van der Waals surface area contributed by atoms with E-state index in [1.54, 1.807) is 0 Å². The maximum atomic E-state index is 13.5. The van der Waals surface area contributed by atoms with E-state index in [1.807, 2.05) is 0 Å². The number of halogens is 12. The number of alkyl halides is 12. The molecule has 0 amide bonds. The first-order valence-electron chi connectivity index (χ1n) is 13.3. The Morgan fingerprint density at radius 2 is 0.714 bits per heavy atom. The molecule has 0 atom stereocenters. The van der Waals surface area contributed by atoms with Crippen molar-refractivity contribution in [3.63, 3.8) is 0 Å². The van der Waals surface area contributed by atoms with Gasteiger partial charge < -0.3 is 11.5 Å². The van der Waals surface area contributed by atoms with Gasteiger partial charge in [0.1, 0.15) is 11.0 Å². The lowest BCUT2D eigenvalue weighted by Gasteiger charge is -2.14. The fraction of sp³-hybridized carbons (Fsp3) is 0.133. The first-order valence-corrected chi connectivity index (χ1v) is 15.6. The van der Waals surface area contributed by atoms with Crippen LogP contribution in [0.4, 0.5) is 64.1 Å². The topological polar surface area (TPSA) is 77.8 Å². The summed E-state index contributed by atoms with van der Waals surface area (Å²) in [4.78, 5) is 0.606. The maximum Gasteiger partial charge on any atom is 0.416 e. The Morgan fingerprint density at radius 1 is 0.429 bits per heavy atom. The largest absolute Gasteiger partial charge is 0.416 e. The minimum atomic E-state index is -5.06. The molecular weight excluding hydrogens is 741 g/mol. The Morgan fingerprint density at radius 3 is 1.00 bits per heavy atom. The van der Waals surface area contributed by atoms with E-state index in [1.165, 1.54) is 24.3 Å². The quantitative estimate of drug-likeness (QED) is 0.139. The van der Waals surface area contributed by atoms with Crippen LogP contribution in [-0.4, -0.2) is 8.75 Å². The number of nitrogen functional groups attached to an aromatic ring is 2. The molecule has 0 unspecified atom stereocenters. The van der Waals surface area contributed by atoms with E-state index >= 15 is 0 Å². The SMILES string of the molecule is Nc1c(N)c(-c2ccc(-c3cc(C(F)(F)F)cc(C(F)(F)F)c3)s2)c2nsnc2c1-c1ccc(-c2cc(C(F)(F)F)cc(C(F)(F)F)c2)s1. The summed E-state index contributed by atoms with van der Waals surface area (Å²) in [5.74, 6) is 0. The van der Waals surface area contributed by atoms with Gasteiger partial charge in [0.05, 0.1) is 45.4 Å². The summed E-state index contributed by atoms with van der Waals surface area (Å²) in [7, 11) is 0. The van der Waals surface area contributed by atoms with Gasteiger partial charge in [-0.3, -0.25) is 0 Å². The van der Waals surface area contributed by atoms with E-state index in [0.29, 0.717) is 36.0 Å². The highest BCUT2D eigenvalue weighted by Gasteiger charge is 2.38. The van der Waals surface area contributed by atoms with E-state index in [4.69, 9.17) is 11.5 Å². The Kier molecular flexibility index (Phi) is 8.18. The molecule has 256 valence electrons. The van der Waals surface area contributed by atoms with Crippen LogP contribution < -0.4 is 11.5 Å². The first kappa shape index (κ1) is 34.5. The highest BCUT2D eigenvalue weighted by molar-refractivity contribution is 7.19. The van der Waals surface area contributed by atoms with Gasteiger partial charge in [-0.2, -0.15) is 61.4 Å². The third-order valence-electron chi connectivity index (χ3n) is 7.24. The molecule has 0 saturated carbocycles. The summed E-state index contributed by atoms with van der Waals surface area (Å²) in [6, 6.07) is 7.80. The highest BCUT2D eigenvalue weighted by Crippen LogP contribution is 2.50. The molecule has 6 rings (SSSR count). The third kappa shape index (κ3) is 6.53. The molecule has 4 nitrogen and oxygen atoms in total. The molecular formula is C30H14F12N4S3. The number of nitrogens with two attached hydrogens (primary N) is 2. The maximum absolute atomic E-state index is 13.5. The van der Waals surface area contributed by atoms with Crippen LogP contribution in [0.25, 0.3) is 52.8 Å². The lowest BCUT2D eigenvalue weighted by atomic mass is 10.0. The van der Waals surface area contributed by atoms with Gasteiger partial charge in [-0.25, -0.2) is 0 Å². The predicted octanol–water partition coefficient (Wildman–Crippen LogP) is 11.7. The molecule has 3 aromatic carbocycles. The second-order valence-corrected chi connectivity index (χ2v) is 13.2. The molecule has 19 heteroatoms. The van der Waals surface area contributed by atoms with Gasteiger partial charge in [-0.1, -0.05) is 0 Å². The molecule has 4 N–H and O–H groups in total. The number of rotatable bonds is 4. The molecule has 0 bridgehead atoms. The molecule has 3 aromatic heterocycles. The standard InChI is InChI=1S/C30H14F12N4S3/c31-27(32,33)13-5-11(6-14(9-13)28(34,35)36)17-1-3-19(47-17)21-23(43)24(44)22(26-25(21)45-49-46-26)20-4-2-18(48-20)12-7-15(29(37,38)39)10-16(8-12)30(40,41)42/h1-10H,43-44H2. The van der Waals surface area contributed by atoms with Crippen LogP contribution >= 0.6 is 34.4 Å². The van der Waals surface area contributed by atoms with Crippen molar-refractivity contribution in [2.24, 2.45) is 0 Å². The molecule has 0 radical (unpaired) electrons. The average Bonchev–Trinajstić information content (AvgIpc) is 3.78. The van der Waals surface area contributed by atoms with Crippen molar-refractivity contribution in [2.75, 3.05) is 11.5 Å². The lowest BCUT2D eigenvalue weighted by molar-refractivity contribution is -0.144. The van der Waals surface area contributed by atoms with E-state index in [-0.39, 0.29) is 76.3 Å². The van der Waals surface area contributed by atoms with Crippen LogP contribution in [0.1, 0.15) is 22.3 Å².